The highest BCUT2D eigenvalue weighted by molar-refractivity contribution is 7.71. The fraction of sp³-hybridized carbons (Fsp3) is 0.417. The van der Waals surface area contributed by atoms with E-state index in [4.69, 9.17) is 17.3 Å². The van der Waals surface area contributed by atoms with Crippen molar-refractivity contribution in [2.75, 3.05) is 7.05 Å². The lowest BCUT2D eigenvalue weighted by molar-refractivity contribution is 0.165. The molecule has 0 spiro atoms. The van der Waals surface area contributed by atoms with Crippen LogP contribution in [0.2, 0.25) is 0 Å². The van der Waals surface area contributed by atoms with Gasteiger partial charge in [-0.2, -0.15) is 5.10 Å². The van der Waals surface area contributed by atoms with Crippen LogP contribution in [0.25, 0.3) is 0 Å². The van der Waals surface area contributed by atoms with Crippen LogP contribution < -0.4 is 0 Å². The monoisotopic (exact) mass is 404 g/mol. The van der Waals surface area contributed by atoms with Gasteiger partial charge >= 0.3 is 0 Å². The van der Waals surface area contributed by atoms with E-state index < -0.39 is 0 Å². The Labute approximate surface area is 177 Å². The molecule has 1 fully saturated rings. The van der Waals surface area contributed by atoms with Crippen LogP contribution in [0.4, 0.5) is 0 Å². The molecule has 0 unspecified atom stereocenters. The zero-order valence-electron chi connectivity index (χ0n) is 17.0. The van der Waals surface area contributed by atoms with E-state index >= 15 is 0 Å². The first kappa shape index (κ1) is 18.8. The molecular weight excluding hydrogens is 376 g/mol. The first-order chi connectivity index (χ1) is 14.2. The van der Waals surface area contributed by atoms with Gasteiger partial charge in [-0.15, -0.1) is 0 Å². The van der Waals surface area contributed by atoms with Gasteiger partial charge in [-0.3, -0.25) is 9.47 Å². The summed E-state index contributed by atoms with van der Waals surface area (Å²) in [5.41, 5.74) is 4.24. The summed E-state index contributed by atoms with van der Waals surface area (Å²) in [7, 11) is 2.21. The molecule has 0 N–H and O–H groups in total. The fourth-order valence-corrected chi connectivity index (χ4v) is 4.86. The minimum absolute atomic E-state index is 0.436. The lowest BCUT2D eigenvalue weighted by Gasteiger charge is -2.33. The van der Waals surface area contributed by atoms with Gasteiger partial charge in [0.1, 0.15) is 5.82 Å². The molecule has 2 aliphatic rings. The molecule has 1 heterocycles. The van der Waals surface area contributed by atoms with Gasteiger partial charge in [0.2, 0.25) is 0 Å². The van der Waals surface area contributed by atoms with Crippen molar-refractivity contribution in [1.29, 1.82) is 0 Å². The number of rotatable bonds is 6. The zero-order valence-corrected chi connectivity index (χ0v) is 17.8. The van der Waals surface area contributed by atoms with E-state index in [1.54, 1.807) is 0 Å². The molecule has 0 radical (unpaired) electrons. The van der Waals surface area contributed by atoms with Gasteiger partial charge in [0.15, 0.2) is 4.77 Å². The predicted octanol–water partition coefficient (Wildman–Crippen LogP) is 5.31. The van der Waals surface area contributed by atoms with Crippen molar-refractivity contribution in [1.82, 2.24) is 19.2 Å². The first-order valence-electron chi connectivity index (χ1n) is 10.7. The molecule has 5 heteroatoms. The van der Waals surface area contributed by atoms with Gasteiger partial charge in [0.25, 0.3) is 0 Å². The Morgan fingerprint density at radius 2 is 1.79 bits per heavy atom. The van der Waals surface area contributed by atoms with E-state index in [9.17, 15) is 0 Å². The molecule has 2 aliphatic carbocycles. The molecular formula is C24H28N4S. The highest BCUT2D eigenvalue weighted by atomic mass is 32.1. The number of fused-ring (bicyclic) bond motifs is 1. The summed E-state index contributed by atoms with van der Waals surface area (Å²) in [4.78, 5) is 2.42. The van der Waals surface area contributed by atoms with Gasteiger partial charge in [-0.05, 0) is 68.1 Å². The summed E-state index contributed by atoms with van der Waals surface area (Å²) >= 11 is 5.89. The van der Waals surface area contributed by atoms with Crippen molar-refractivity contribution >= 4 is 12.2 Å². The second-order valence-electron chi connectivity index (χ2n) is 8.49. The van der Waals surface area contributed by atoms with Crippen LogP contribution in [0, 0.1) is 4.77 Å². The Morgan fingerprint density at radius 3 is 2.59 bits per heavy atom. The lowest BCUT2D eigenvalue weighted by atomic mass is 9.87. The molecule has 4 nitrogen and oxygen atoms in total. The smallest absolute Gasteiger partial charge is 0.199 e. The summed E-state index contributed by atoms with van der Waals surface area (Å²) in [6.45, 7) is 1.54. The molecule has 0 amide bonds. The molecule has 1 saturated carbocycles. The van der Waals surface area contributed by atoms with Gasteiger partial charge in [0.05, 0.1) is 13.2 Å². The maximum Gasteiger partial charge on any atom is 0.199 e. The van der Waals surface area contributed by atoms with Crippen LogP contribution >= 0.6 is 12.2 Å². The quantitative estimate of drug-likeness (QED) is 0.521. The number of benzene rings is 2. The molecule has 1 aromatic heterocycles. The van der Waals surface area contributed by atoms with Crippen molar-refractivity contribution in [3.8, 4) is 0 Å². The van der Waals surface area contributed by atoms with Gasteiger partial charge < -0.3 is 0 Å². The standard InChI is InChI=1S/C24H28N4S/c1-26(22-13-7-11-19-10-5-6-12-21(19)22)17-28-24(29)27(23(25-28)20-14-15-20)16-18-8-3-2-4-9-18/h2-6,8-10,12,20,22H,7,11,13-17H2,1H3/t22-/m1/s1. The summed E-state index contributed by atoms with van der Waals surface area (Å²) in [5, 5.41) is 4.99. The SMILES string of the molecule is CN(Cn1nc(C2CC2)n(Cc2ccccc2)c1=S)[C@@H]1CCCc2ccccc21. The summed E-state index contributed by atoms with van der Waals surface area (Å²) < 4.78 is 5.14. The van der Waals surface area contributed by atoms with E-state index in [-0.39, 0.29) is 0 Å². The highest BCUT2D eigenvalue weighted by Gasteiger charge is 2.31. The number of aromatic nitrogens is 3. The predicted molar refractivity (Wildman–Crippen MR) is 118 cm³/mol. The van der Waals surface area contributed by atoms with Crippen LogP contribution in [0.3, 0.4) is 0 Å². The van der Waals surface area contributed by atoms with E-state index in [1.165, 1.54) is 48.8 Å². The Hall–Kier alpha value is -2.24. The average molecular weight is 405 g/mol. The third-order valence-electron chi connectivity index (χ3n) is 6.30. The lowest BCUT2D eigenvalue weighted by Crippen LogP contribution is -2.30. The normalized spacial score (nSPS) is 18.8. The van der Waals surface area contributed by atoms with Crippen LogP contribution in [0.1, 0.15) is 60.2 Å². The molecule has 2 aromatic carbocycles. The first-order valence-corrected chi connectivity index (χ1v) is 11.1. The van der Waals surface area contributed by atoms with Crippen LogP contribution in [0.15, 0.2) is 54.6 Å². The summed E-state index contributed by atoms with van der Waals surface area (Å²) in [6.07, 6.45) is 6.09. The number of hydrogen-bond donors (Lipinski definition) is 0. The minimum atomic E-state index is 0.436. The molecule has 3 aromatic rings. The summed E-state index contributed by atoms with van der Waals surface area (Å²) in [5.74, 6) is 1.73. The van der Waals surface area contributed by atoms with Crippen molar-refractivity contribution < 1.29 is 0 Å². The van der Waals surface area contributed by atoms with Gasteiger partial charge in [0, 0.05) is 12.0 Å². The van der Waals surface area contributed by atoms with Crippen molar-refractivity contribution in [3.63, 3.8) is 0 Å². The summed E-state index contributed by atoms with van der Waals surface area (Å²) in [6, 6.07) is 19.9. The molecule has 0 aliphatic heterocycles. The average Bonchev–Trinajstić information content (AvgIpc) is 3.56. The molecule has 29 heavy (non-hydrogen) atoms. The maximum absolute atomic E-state index is 5.89. The van der Waals surface area contributed by atoms with E-state index in [0.29, 0.717) is 12.0 Å². The van der Waals surface area contributed by atoms with Crippen molar-refractivity contribution in [2.24, 2.45) is 0 Å². The highest BCUT2D eigenvalue weighted by Crippen LogP contribution is 2.39. The van der Waals surface area contributed by atoms with Crippen LogP contribution in [-0.2, 0) is 19.6 Å². The zero-order chi connectivity index (χ0) is 19.8. The van der Waals surface area contributed by atoms with Crippen molar-refractivity contribution in [2.45, 2.75) is 57.3 Å². The Morgan fingerprint density at radius 1 is 1.03 bits per heavy atom. The van der Waals surface area contributed by atoms with Gasteiger partial charge in [-0.25, -0.2) is 4.68 Å². The third kappa shape index (κ3) is 3.81. The Balaban J connectivity index is 1.42. The molecule has 150 valence electrons. The molecule has 0 saturated heterocycles. The largest absolute Gasteiger partial charge is 0.299 e. The second kappa shape index (κ2) is 7.88. The fourth-order valence-electron chi connectivity index (χ4n) is 4.60. The number of nitrogens with zero attached hydrogens (tertiary/aromatic N) is 4. The minimum Gasteiger partial charge on any atom is -0.299 e. The van der Waals surface area contributed by atoms with E-state index in [1.807, 2.05) is 4.68 Å². The molecule has 5 rings (SSSR count). The van der Waals surface area contributed by atoms with Crippen LogP contribution in [0.5, 0.6) is 0 Å². The molecule has 1 atom stereocenters. The molecule has 0 bridgehead atoms. The van der Waals surface area contributed by atoms with E-state index in [0.717, 1.165) is 23.8 Å². The maximum atomic E-state index is 5.89. The topological polar surface area (TPSA) is 26.0 Å². The van der Waals surface area contributed by atoms with Crippen LogP contribution in [-0.4, -0.2) is 26.3 Å². The van der Waals surface area contributed by atoms with E-state index in [2.05, 4.69) is 71.1 Å². The number of hydrogen-bond acceptors (Lipinski definition) is 3. The Bertz CT molecular complexity index is 1050. The third-order valence-corrected chi connectivity index (χ3v) is 6.74. The second-order valence-corrected chi connectivity index (χ2v) is 8.86. The Kier molecular flexibility index (Phi) is 5.10. The van der Waals surface area contributed by atoms with Gasteiger partial charge in [-0.1, -0.05) is 54.6 Å². The van der Waals surface area contributed by atoms with Crippen molar-refractivity contribution in [3.05, 3.63) is 81.9 Å². The number of aryl methyl sites for hydroxylation is 1.